The summed E-state index contributed by atoms with van der Waals surface area (Å²) in [5, 5.41) is 6.45. The first-order valence-electron chi connectivity index (χ1n) is 5.68. The van der Waals surface area contributed by atoms with Crippen molar-refractivity contribution in [1.82, 2.24) is 15.2 Å². The van der Waals surface area contributed by atoms with Gasteiger partial charge in [0.05, 0.1) is 12.1 Å². The van der Waals surface area contributed by atoms with Gasteiger partial charge in [-0.05, 0) is 11.1 Å². The third-order valence-electron chi connectivity index (χ3n) is 3.63. The average molecular weight is 243 g/mol. The zero-order valence-corrected chi connectivity index (χ0v) is 9.27. The lowest BCUT2D eigenvalue weighted by molar-refractivity contribution is -0.121. The summed E-state index contributed by atoms with van der Waals surface area (Å²) < 4.78 is 5.31. The van der Waals surface area contributed by atoms with Crippen LogP contribution in [0, 0.1) is 0 Å². The number of hydrogen-bond acceptors (Lipinski definition) is 4. The van der Waals surface area contributed by atoms with E-state index in [9.17, 15) is 9.59 Å². The highest BCUT2D eigenvalue weighted by molar-refractivity contribution is 5.97. The average Bonchev–Trinajstić information content (AvgIpc) is 3.01. The lowest BCUT2D eigenvalue weighted by Gasteiger charge is -2.16. The van der Waals surface area contributed by atoms with Crippen LogP contribution in [-0.4, -0.2) is 26.9 Å². The molecule has 2 unspecified atom stereocenters. The van der Waals surface area contributed by atoms with Gasteiger partial charge in [0.1, 0.15) is 11.9 Å². The maximum Gasteiger partial charge on any atom is 0.357 e. The van der Waals surface area contributed by atoms with Gasteiger partial charge in [-0.15, -0.1) is 0 Å². The van der Waals surface area contributed by atoms with Gasteiger partial charge in [-0.3, -0.25) is 9.89 Å². The molecule has 2 aromatic rings. The van der Waals surface area contributed by atoms with E-state index >= 15 is 0 Å². The van der Waals surface area contributed by atoms with E-state index in [1.807, 2.05) is 6.20 Å². The molecule has 0 spiro atoms. The number of ether oxygens (including phenoxy) is 1. The van der Waals surface area contributed by atoms with Crippen LogP contribution in [0.15, 0.2) is 18.6 Å². The highest BCUT2D eigenvalue weighted by atomic mass is 16.6. The number of esters is 1. The number of Topliss-reactive ketones (excluding diaryl/α,β-unsaturated/α-hetero) is 1. The zero-order chi connectivity index (χ0) is 12.3. The van der Waals surface area contributed by atoms with Gasteiger partial charge in [0.15, 0.2) is 5.69 Å². The van der Waals surface area contributed by atoms with Gasteiger partial charge in [-0.25, -0.2) is 4.79 Å². The second-order valence-electron chi connectivity index (χ2n) is 4.58. The van der Waals surface area contributed by atoms with Crippen molar-refractivity contribution in [1.29, 1.82) is 0 Å². The third-order valence-corrected chi connectivity index (χ3v) is 3.63. The number of H-pyrrole nitrogens is 2. The summed E-state index contributed by atoms with van der Waals surface area (Å²) in [5.74, 6) is -0.765. The molecule has 0 radical (unpaired) electrons. The number of rotatable bonds is 1. The molecular weight excluding hydrogens is 234 g/mol. The summed E-state index contributed by atoms with van der Waals surface area (Å²) in [5.41, 5.74) is 2.94. The first-order valence-corrected chi connectivity index (χ1v) is 5.68. The van der Waals surface area contributed by atoms with Crippen molar-refractivity contribution in [2.75, 3.05) is 0 Å². The van der Waals surface area contributed by atoms with E-state index in [0.29, 0.717) is 17.7 Å². The number of fused-ring (bicyclic) bond motifs is 2. The first-order chi connectivity index (χ1) is 8.75. The summed E-state index contributed by atoms with van der Waals surface area (Å²) in [4.78, 5) is 26.7. The number of nitrogens with one attached hydrogen (secondary N) is 2. The normalized spacial score (nSPS) is 25.1. The number of carbonyl (C=O) groups excluding carboxylic acids is 2. The monoisotopic (exact) mass is 243 g/mol. The van der Waals surface area contributed by atoms with Crippen LogP contribution in [0.1, 0.15) is 39.2 Å². The fourth-order valence-electron chi connectivity index (χ4n) is 2.81. The Hall–Kier alpha value is -2.37. The van der Waals surface area contributed by atoms with E-state index in [-0.39, 0.29) is 5.78 Å². The van der Waals surface area contributed by atoms with Gasteiger partial charge in [0.25, 0.3) is 0 Å². The Labute approximate surface area is 101 Å². The van der Waals surface area contributed by atoms with Crippen molar-refractivity contribution < 1.29 is 14.3 Å². The van der Waals surface area contributed by atoms with Crippen LogP contribution in [0.5, 0.6) is 0 Å². The van der Waals surface area contributed by atoms with E-state index < -0.39 is 18.0 Å². The van der Waals surface area contributed by atoms with Crippen molar-refractivity contribution in [2.24, 2.45) is 0 Å². The fourth-order valence-corrected chi connectivity index (χ4v) is 2.81. The Kier molecular flexibility index (Phi) is 1.66. The number of aromatic nitrogens is 3. The van der Waals surface area contributed by atoms with Crippen LogP contribution < -0.4 is 0 Å². The van der Waals surface area contributed by atoms with Crippen LogP contribution in [0.25, 0.3) is 0 Å². The van der Waals surface area contributed by atoms with Gasteiger partial charge < -0.3 is 9.72 Å². The van der Waals surface area contributed by atoms with Gasteiger partial charge in [0, 0.05) is 24.4 Å². The molecule has 4 rings (SSSR count). The maximum atomic E-state index is 12.1. The fraction of sp³-hybridized carbons (Fsp3) is 0.250. The van der Waals surface area contributed by atoms with E-state index in [1.165, 1.54) is 0 Å². The van der Waals surface area contributed by atoms with Crippen molar-refractivity contribution in [3.8, 4) is 0 Å². The number of carbonyl (C=O) groups is 2. The molecule has 3 heterocycles. The molecule has 0 saturated heterocycles. The molecule has 6 heteroatoms. The van der Waals surface area contributed by atoms with Gasteiger partial charge in [0.2, 0.25) is 0 Å². The molecule has 18 heavy (non-hydrogen) atoms. The summed E-state index contributed by atoms with van der Waals surface area (Å²) in [7, 11) is 0. The minimum atomic E-state index is -0.546. The predicted octanol–water partition coefficient (Wildman–Crippen LogP) is 0.858. The Morgan fingerprint density at radius 1 is 1.28 bits per heavy atom. The van der Waals surface area contributed by atoms with Gasteiger partial charge in [-0.1, -0.05) is 0 Å². The van der Waals surface area contributed by atoms with Crippen LogP contribution >= 0.6 is 0 Å². The quantitative estimate of drug-likeness (QED) is 0.727. The number of ketones is 1. The summed E-state index contributed by atoms with van der Waals surface area (Å²) >= 11 is 0. The molecule has 6 nitrogen and oxygen atoms in total. The Bertz CT molecular complexity index is 670. The molecule has 0 amide bonds. The molecule has 0 aromatic carbocycles. The Morgan fingerprint density at radius 2 is 2.17 bits per heavy atom. The van der Waals surface area contributed by atoms with E-state index in [1.54, 1.807) is 12.4 Å². The highest BCUT2D eigenvalue weighted by Gasteiger charge is 2.45. The summed E-state index contributed by atoms with van der Waals surface area (Å²) in [6.07, 6.45) is 5.03. The van der Waals surface area contributed by atoms with Crippen LogP contribution in [0.3, 0.4) is 0 Å². The highest BCUT2D eigenvalue weighted by Crippen LogP contribution is 2.45. The molecule has 0 saturated carbocycles. The molecule has 1 aliphatic heterocycles. The summed E-state index contributed by atoms with van der Waals surface area (Å²) in [6.45, 7) is 0. The van der Waals surface area contributed by atoms with Crippen LogP contribution in [0.2, 0.25) is 0 Å². The molecular formula is C12H9N3O3. The minimum absolute atomic E-state index is 0.0841. The first kappa shape index (κ1) is 9.64. The molecule has 2 aliphatic rings. The number of hydrogen-bond donors (Lipinski definition) is 2. The topological polar surface area (TPSA) is 87.8 Å². The van der Waals surface area contributed by atoms with Crippen LogP contribution in [0.4, 0.5) is 0 Å². The SMILES string of the molecule is O=C1OC(C2C(=O)Cc3c[nH]cc32)c2cn[nH]c21. The number of aromatic amines is 2. The number of cyclic esters (lactones) is 1. The van der Waals surface area contributed by atoms with E-state index in [4.69, 9.17) is 4.74 Å². The zero-order valence-electron chi connectivity index (χ0n) is 9.27. The van der Waals surface area contributed by atoms with Crippen LogP contribution in [-0.2, 0) is 16.0 Å². The molecule has 2 aromatic heterocycles. The second-order valence-corrected chi connectivity index (χ2v) is 4.58. The third kappa shape index (κ3) is 1.04. The van der Waals surface area contributed by atoms with Gasteiger partial charge in [-0.2, -0.15) is 5.10 Å². The van der Waals surface area contributed by atoms with E-state index in [0.717, 1.165) is 11.1 Å². The number of nitrogens with zero attached hydrogens (tertiary/aromatic N) is 1. The molecule has 2 atom stereocenters. The lowest BCUT2D eigenvalue weighted by Crippen LogP contribution is -2.16. The largest absolute Gasteiger partial charge is 0.451 e. The van der Waals surface area contributed by atoms with Crippen molar-refractivity contribution in [3.05, 3.63) is 41.0 Å². The molecule has 2 N–H and O–H groups in total. The van der Waals surface area contributed by atoms with Crippen molar-refractivity contribution in [2.45, 2.75) is 18.4 Å². The summed E-state index contributed by atoms with van der Waals surface area (Å²) in [6, 6.07) is 0. The molecule has 1 aliphatic carbocycles. The van der Waals surface area contributed by atoms with E-state index in [2.05, 4.69) is 15.2 Å². The second kappa shape index (κ2) is 3.10. The lowest BCUT2D eigenvalue weighted by atomic mass is 9.92. The minimum Gasteiger partial charge on any atom is -0.451 e. The standard InChI is InChI=1S/C12H9N3O3/c16-8-1-5-2-13-3-6(5)9(8)11-7-4-14-15-10(7)12(17)18-11/h2-4,9,11,13H,1H2,(H,14,15). The Morgan fingerprint density at radius 3 is 3.06 bits per heavy atom. The Balaban J connectivity index is 1.83. The molecule has 0 fully saturated rings. The molecule has 90 valence electrons. The predicted molar refractivity (Wildman–Crippen MR) is 59.0 cm³/mol. The maximum absolute atomic E-state index is 12.1. The van der Waals surface area contributed by atoms with Crippen molar-refractivity contribution in [3.63, 3.8) is 0 Å². The molecule has 0 bridgehead atoms. The smallest absolute Gasteiger partial charge is 0.357 e. The van der Waals surface area contributed by atoms with Crippen molar-refractivity contribution >= 4 is 11.8 Å². The van der Waals surface area contributed by atoms with Gasteiger partial charge >= 0.3 is 5.97 Å².